The number of thiophene rings is 1. The van der Waals surface area contributed by atoms with Crippen molar-refractivity contribution >= 4 is 34.5 Å². The van der Waals surface area contributed by atoms with Crippen LogP contribution in [0.2, 0.25) is 9.36 Å². The average Bonchev–Trinajstić information content (AvgIpc) is 2.69. The van der Waals surface area contributed by atoms with Crippen molar-refractivity contribution in [3.05, 3.63) is 55.9 Å². The number of hydrazine groups is 1. The van der Waals surface area contributed by atoms with Gasteiger partial charge in [0.25, 0.3) is 0 Å². The minimum atomic E-state index is -0.426. The maximum absolute atomic E-state index is 13.8. The monoisotopic (exact) mass is 290 g/mol. The Morgan fingerprint density at radius 1 is 1.24 bits per heavy atom. The quantitative estimate of drug-likeness (QED) is 0.667. The second-order valence-corrected chi connectivity index (χ2v) is 5.59. The van der Waals surface area contributed by atoms with E-state index in [2.05, 4.69) is 5.43 Å². The summed E-state index contributed by atoms with van der Waals surface area (Å²) in [7, 11) is 0. The Morgan fingerprint density at radius 3 is 2.53 bits per heavy atom. The lowest BCUT2D eigenvalue weighted by Crippen LogP contribution is -2.28. The lowest BCUT2D eigenvalue weighted by molar-refractivity contribution is 0.564. The molecule has 0 fully saturated rings. The Kier molecular flexibility index (Phi) is 4.01. The molecular formula is C11H9Cl2FN2S. The highest BCUT2D eigenvalue weighted by Gasteiger charge is 2.18. The molecule has 1 aromatic heterocycles. The zero-order valence-electron chi connectivity index (χ0n) is 8.58. The molecule has 2 nitrogen and oxygen atoms in total. The second-order valence-electron chi connectivity index (χ2n) is 3.41. The van der Waals surface area contributed by atoms with E-state index in [4.69, 9.17) is 29.0 Å². The average molecular weight is 291 g/mol. The summed E-state index contributed by atoms with van der Waals surface area (Å²) in [5, 5.41) is 0.353. The molecule has 0 bridgehead atoms. The van der Waals surface area contributed by atoms with E-state index in [1.807, 2.05) is 6.07 Å². The van der Waals surface area contributed by atoms with E-state index in [0.29, 0.717) is 14.9 Å². The van der Waals surface area contributed by atoms with Crippen molar-refractivity contribution in [2.75, 3.05) is 0 Å². The first-order valence-corrected chi connectivity index (χ1v) is 6.35. The SMILES string of the molecule is NNC(c1ccc(Cl)s1)c1ccc(Cl)cc1F. The third kappa shape index (κ3) is 2.78. The zero-order valence-corrected chi connectivity index (χ0v) is 10.9. The number of hydrogen-bond donors (Lipinski definition) is 2. The van der Waals surface area contributed by atoms with Crippen molar-refractivity contribution in [2.45, 2.75) is 6.04 Å². The molecule has 0 radical (unpaired) electrons. The first-order chi connectivity index (χ1) is 8.11. The van der Waals surface area contributed by atoms with E-state index in [0.717, 1.165) is 4.88 Å². The fourth-order valence-electron chi connectivity index (χ4n) is 1.54. The third-order valence-corrected chi connectivity index (χ3v) is 3.85. The number of halogens is 3. The summed E-state index contributed by atoms with van der Waals surface area (Å²) in [5.41, 5.74) is 3.02. The van der Waals surface area contributed by atoms with Crippen molar-refractivity contribution in [1.29, 1.82) is 0 Å². The van der Waals surface area contributed by atoms with Gasteiger partial charge in [-0.15, -0.1) is 11.3 Å². The second kappa shape index (κ2) is 5.33. The minimum Gasteiger partial charge on any atom is -0.271 e. The van der Waals surface area contributed by atoms with Gasteiger partial charge in [-0.05, 0) is 24.3 Å². The van der Waals surface area contributed by atoms with Gasteiger partial charge >= 0.3 is 0 Å². The molecule has 1 unspecified atom stereocenters. The number of rotatable bonds is 3. The van der Waals surface area contributed by atoms with E-state index < -0.39 is 11.9 Å². The first-order valence-electron chi connectivity index (χ1n) is 4.78. The van der Waals surface area contributed by atoms with Crippen molar-refractivity contribution in [3.63, 3.8) is 0 Å². The topological polar surface area (TPSA) is 38.0 Å². The number of nitrogens with one attached hydrogen (secondary N) is 1. The number of hydrogen-bond acceptors (Lipinski definition) is 3. The van der Waals surface area contributed by atoms with Gasteiger partial charge in [-0.2, -0.15) is 0 Å². The Balaban J connectivity index is 2.42. The lowest BCUT2D eigenvalue weighted by Gasteiger charge is -2.15. The van der Waals surface area contributed by atoms with Crippen LogP contribution in [0.25, 0.3) is 0 Å². The molecule has 0 amide bonds. The molecule has 2 rings (SSSR count). The summed E-state index contributed by atoms with van der Waals surface area (Å²) in [6, 6.07) is 7.63. The van der Waals surface area contributed by atoms with Gasteiger partial charge in [-0.3, -0.25) is 5.84 Å². The molecule has 0 saturated heterocycles. The van der Waals surface area contributed by atoms with Crippen LogP contribution < -0.4 is 11.3 Å². The molecule has 0 aliphatic heterocycles. The molecule has 1 atom stereocenters. The zero-order chi connectivity index (χ0) is 12.4. The van der Waals surface area contributed by atoms with Crippen LogP contribution in [0.15, 0.2) is 30.3 Å². The normalized spacial score (nSPS) is 12.7. The summed E-state index contributed by atoms with van der Waals surface area (Å²) in [4.78, 5) is 0.846. The molecule has 3 N–H and O–H groups in total. The highest BCUT2D eigenvalue weighted by atomic mass is 35.5. The highest BCUT2D eigenvalue weighted by Crippen LogP contribution is 2.32. The van der Waals surface area contributed by atoms with Crippen LogP contribution in [-0.2, 0) is 0 Å². The van der Waals surface area contributed by atoms with Crippen LogP contribution in [0.5, 0.6) is 0 Å². The highest BCUT2D eigenvalue weighted by molar-refractivity contribution is 7.16. The summed E-state index contributed by atoms with van der Waals surface area (Å²) < 4.78 is 14.4. The van der Waals surface area contributed by atoms with Gasteiger partial charge in [-0.1, -0.05) is 29.3 Å². The maximum atomic E-state index is 13.8. The molecule has 0 aliphatic rings. The standard InChI is InChI=1S/C11H9Cl2FN2S/c12-6-1-2-7(8(14)5-6)11(16-15)9-3-4-10(13)17-9/h1-5,11,16H,15H2. The van der Waals surface area contributed by atoms with Gasteiger partial charge < -0.3 is 0 Å². The van der Waals surface area contributed by atoms with Crippen LogP contribution >= 0.6 is 34.5 Å². The van der Waals surface area contributed by atoms with Crippen molar-refractivity contribution in [1.82, 2.24) is 5.43 Å². The number of benzene rings is 1. The molecule has 6 heteroatoms. The Morgan fingerprint density at radius 2 is 2.00 bits per heavy atom. The Bertz CT molecular complexity index is 530. The Hall–Kier alpha value is -0.650. The molecule has 2 aromatic rings. The van der Waals surface area contributed by atoms with Crippen LogP contribution in [0.1, 0.15) is 16.5 Å². The van der Waals surface area contributed by atoms with Crippen LogP contribution in [0.3, 0.4) is 0 Å². The third-order valence-electron chi connectivity index (χ3n) is 2.32. The van der Waals surface area contributed by atoms with Crippen LogP contribution in [-0.4, -0.2) is 0 Å². The summed E-state index contributed by atoms with van der Waals surface area (Å²) in [5.74, 6) is 5.07. The smallest absolute Gasteiger partial charge is 0.129 e. The Labute approximate surface area is 112 Å². The molecule has 1 heterocycles. The molecule has 0 saturated carbocycles. The lowest BCUT2D eigenvalue weighted by atomic mass is 10.1. The molecule has 90 valence electrons. The fraction of sp³-hybridized carbons (Fsp3) is 0.0909. The van der Waals surface area contributed by atoms with Crippen molar-refractivity contribution < 1.29 is 4.39 Å². The molecule has 17 heavy (non-hydrogen) atoms. The van der Waals surface area contributed by atoms with E-state index in [1.54, 1.807) is 18.2 Å². The summed E-state index contributed by atoms with van der Waals surface area (Å²) in [6.07, 6.45) is 0. The first kappa shape index (κ1) is 12.8. The summed E-state index contributed by atoms with van der Waals surface area (Å²) in [6.45, 7) is 0. The molecule has 0 aliphatic carbocycles. The minimum absolute atomic E-state index is 0.353. The van der Waals surface area contributed by atoms with Gasteiger partial charge in [-0.25, -0.2) is 9.82 Å². The number of nitrogens with two attached hydrogens (primary N) is 1. The predicted molar refractivity (Wildman–Crippen MR) is 69.9 cm³/mol. The van der Waals surface area contributed by atoms with Crippen molar-refractivity contribution in [3.8, 4) is 0 Å². The van der Waals surface area contributed by atoms with Crippen molar-refractivity contribution in [2.24, 2.45) is 5.84 Å². The van der Waals surface area contributed by atoms with E-state index in [-0.39, 0.29) is 0 Å². The van der Waals surface area contributed by atoms with Gasteiger partial charge in [0.15, 0.2) is 0 Å². The maximum Gasteiger partial charge on any atom is 0.129 e. The molecular weight excluding hydrogens is 282 g/mol. The van der Waals surface area contributed by atoms with Gasteiger partial charge in [0.1, 0.15) is 5.82 Å². The summed E-state index contributed by atoms with van der Waals surface area (Å²) >= 11 is 12.9. The largest absolute Gasteiger partial charge is 0.271 e. The predicted octanol–water partition coefficient (Wildman–Crippen LogP) is 3.75. The van der Waals surface area contributed by atoms with Gasteiger partial charge in [0.2, 0.25) is 0 Å². The van der Waals surface area contributed by atoms with Gasteiger partial charge in [0.05, 0.1) is 10.4 Å². The van der Waals surface area contributed by atoms with E-state index in [9.17, 15) is 4.39 Å². The van der Waals surface area contributed by atoms with Gasteiger partial charge in [0, 0.05) is 15.5 Å². The van der Waals surface area contributed by atoms with Crippen LogP contribution in [0.4, 0.5) is 4.39 Å². The van der Waals surface area contributed by atoms with Crippen LogP contribution in [0, 0.1) is 5.82 Å². The fourth-order valence-corrected chi connectivity index (χ4v) is 2.84. The molecule has 0 spiro atoms. The van der Waals surface area contributed by atoms with E-state index >= 15 is 0 Å². The molecule has 1 aromatic carbocycles. The van der Waals surface area contributed by atoms with E-state index in [1.165, 1.54) is 17.4 Å².